The van der Waals surface area contributed by atoms with Crippen molar-refractivity contribution < 1.29 is 4.79 Å². The van der Waals surface area contributed by atoms with Gasteiger partial charge in [-0.05, 0) is 31.9 Å². The lowest BCUT2D eigenvalue weighted by Crippen LogP contribution is -2.29. The lowest BCUT2D eigenvalue weighted by atomic mass is 10.1. The number of hydrogen-bond acceptors (Lipinski definition) is 5. The second-order valence-electron chi connectivity index (χ2n) is 7.34. The Hall–Kier alpha value is -2.93. The van der Waals surface area contributed by atoms with Gasteiger partial charge in [-0.15, -0.1) is 10.2 Å². The molecule has 4 aromatic rings. The third kappa shape index (κ3) is 3.35. The first-order valence-electron chi connectivity index (χ1n) is 9.82. The van der Waals surface area contributed by atoms with Crippen molar-refractivity contribution in [3.05, 3.63) is 54.1 Å². The van der Waals surface area contributed by atoms with Crippen LogP contribution in [-0.4, -0.2) is 49.2 Å². The van der Waals surface area contributed by atoms with E-state index >= 15 is 0 Å². The Balaban J connectivity index is 1.60. The van der Waals surface area contributed by atoms with Gasteiger partial charge in [0, 0.05) is 24.0 Å². The van der Waals surface area contributed by atoms with E-state index in [0.29, 0.717) is 10.9 Å². The number of carbonyl (C=O) groups is 1. The van der Waals surface area contributed by atoms with E-state index in [1.165, 1.54) is 17.3 Å². The molecular weight excluding hydrogens is 382 g/mol. The van der Waals surface area contributed by atoms with E-state index in [-0.39, 0.29) is 5.91 Å². The van der Waals surface area contributed by atoms with Gasteiger partial charge in [0.1, 0.15) is 5.82 Å². The molecule has 3 heterocycles. The zero-order valence-electron chi connectivity index (χ0n) is 16.2. The molecule has 7 heteroatoms. The molecular formula is C22H21N5OS. The van der Waals surface area contributed by atoms with E-state index in [0.717, 1.165) is 53.9 Å². The first kappa shape index (κ1) is 18.1. The van der Waals surface area contributed by atoms with Crippen LogP contribution in [0.15, 0.2) is 53.7 Å². The molecule has 0 saturated carbocycles. The summed E-state index contributed by atoms with van der Waals surface area (Å²) in [5, 5.41) is 10.5. The van der Waals surface area contributed by atoms with E-state index < -0.39 is 0 Å². The highest BCUT2D eigenvalue weighted by atomic mass is 32.2. The van der Waals surface area contributed by atoms with Crippen LogP contribution in [0.1, 0.15) is 18.4 Å². The molecule has 0 spiro atoms. The minimum atomic E-state index is 0.162. The zero-order chi connectivity index (χ0) is 19.8. The molecule has 2 aromatic heterocycles. The van der Waals surface area contributed by atoms with Crippen molar-refractivity contribution in [2.75, 3.05) is 18.8 Å². The van der Waals surface area contributed by atoms with Gasteiger partial charge in [0.05, 0.1) is 11.3 Å². The second-order valence-corrected chi connectivity index (χ2v) is 8.28. The lowest BCUT2D eigenvalue weighted by Gasteiger charge is -2.14. The van der Waals surface area contributed by atoms with Crippen molar-refractivity contribution in [3.8, 4) is 11.4 Å². The predicted octanol–water partition coefficient (Wildman–Crippen LogP) is 3.97. The van der Waals surface area contributed by atoms with Crippen LogP contribution in [0, 0.1) is 6.92 Å². The molecule has 2 aromatic carbocycles. The summed E-state index contributed by atoms with van der Waals surface area (Å²) in [4.78, 5) is 19.4. The third-order valence-electron chi connectivity index (χ3n) is 5.31. The van der Waals surface area contributed by atoms with Gasteiger partial charge in [0.25, 0.3) is 0 Å². The van der Waals surface area contributed by atoms with E-state index in [2.05, 4.69) is 41.4 Å². The summed E-state index contributed by atoms with van der Waals surface area (Å²) in [5.41, 5.74) is 3.84. The van der Waals surface area contributed by atoms with Gasteiger partial charge in [-0.25, -0.2) is 4.98 Å². The van der Waals surface area contributed by atoms with Gasteiger partial charge >= 0.3 is 0 Å². The summed E-state index contributed by atoms with van der Waals surface area (Å²) < 4.78 is 1.98. The summed E-state index contributed by atoms with van der Waals surface area (Å²) in [6.45, 7) is 3.79. The fourth-order valence-electron chi connectivity index (χ4n) is 3.73. The smallest absolute Gasteiger partial charge is 0.233 e. The molecule has 0 bridgehead atoms. The number of para-hydroxylation sites is 1. The number of rotatable bonds is 4. The Labute approximate surface area is 173 Å². The molecule has 5 rings (SSSR count). The molecule has 1 saturated heterocycles. The Morgan fingerprint density at radius 2 is 1.79 bits per heavy atom. The SMILES string of the molecule is Cc1ccc(-c2nc3ccccc3c3nnc(SCC(=O)N4CCCC4)n23)cc1. The molecule has 0 unspecified atom stereocenters. The van der Waals surface area contributed by atoms with Crippen molar-refractivity contribution in [2.45, 2.75) is 24.9 Å². The van der Waals surface area contributed by atoms with Crippen molar-refractivity contribution in [1.82, 2.24) is 24.5 Å². The average molecular weight is 404 g/mol. The monoisotopic (exact) mass is 403 g/mol. The Morgan fingerprint density at radius 3 is 2.59 bits per heavy atom. The fourth-order valence-corrected chi connectivity index (χ4v) is 4.57. The second kappa shape index (κ2) is 7.48. The van der Waals surface area contributed by atoms with Crippen molar-refractivity contribution in [1.29, 1.82) is 0 Å². The van der Waals surface area contributed by atoms with Gasteiger partial charge in [-0.1, -0.05) is 53.7 Å². The number of nitrogens with zero attached hydrogens (tertiary/aromatic N) is 5. The highest BCUT2D eigenvalue weighted by Crippen LogP contribution is 2.29. The fraction of sp³-hybridized carbons (Fsp3) is 0.273. The van der Waals surface area contributed by atoms with Crippen LogP contribution in [0.5, 0.6) is 0 Å². The predicted molar refractivity (Wildman–Crippen MR) is 115 cm³/mol. The summed E-state index contributed by atoms with van der Waals surface area (Å²) in [7, 11) is 0. The minimum absolute atomic E-state index is 0.162. The first-order chi connectivity index (χ1) is 14.2. The Kier molecular flexibility index (Phi) is 4.67. The number of carbonyl (C=O) groups excluding carboxylic acids is 1. The standard InChI is InChI=1S/C22H21N5OS/c1-15-8-10-16(11-9-15)20-23-18-7-3-2-6-17(18)21-24-25-22(27(20)21)29-14-19(28)26-12-4-5-13-26/h2-3,6-11H,4-5,12-14H2,1H3. The summed E-state index contributed by atoms with van der Waals surface area (Å²) in [6, 6.07) is 16.2. The molecule has 1 aliphatic heterocycles. The van der Waals surface area contributed by atoms with Crippen LogP contribution in [0.3, 0.4) is 0 Å². The number of amides is 1. The number of benzene rings is 2. The molecule has 0 aliphatic carbocycles. The number of hydrogen-bond donors (Lipinski definition) is 0. The van der Waals surface area contributed by atoms with Gasteiger partial charge in [-0.2, -0.15) is 0 Å². The summed E-state index contributed by atoms with van der Waals surface area (Å²) in [6.07, 6.45) is 2.19. The van der Waals surface area contributed by atoms with Crippen LogP contribution in [0.2, 0.25) is 0 Å². The van der Waals surface area contributed by atoms with Crippen LogP contribution in [-0.2, 0) is 4.79 Å². The average Bonchev–Trinajstić information content (AvgIpc) is 3.43. The normalized spacial score (nSPS) is 14.2. The molecule has 1 aliphatic rings. The van der Waals surface area contributed by atoms with E-state index in [1.54, 1.807) is 0 Å². The number of fused-ring (bicyclic) bond motifs is 3. The van der Waals surface area contributed by atoms with Crippen LogP contribution >= 0.6 is 11.8 Å². The minimum Gasteiger partial charge on any atom is -0.342 e. The molecule has 0 atom stereocenters. The topological polar surface area (TPSA) is 63.4 Å². The number of likely N-dealkylation sites (tertiary alicyclic amines) is 1. The number of aromatic nitrogens is 4. The Morgan fingerprint density at radius 1 is 1.03 bits per heavy atom. The molecule has 1 fully saturated rings. The summed E-state index contributed by atoms with van der Waals surface area (Å²) in [5.74, 6) is 1.32. The van der Waals surface area contributed by atoms with E-state index in [4.69, 9.17) is 4.98 Å². The molecule has 1 amide bonds. The largest absolute Gasteiger partial charge is 0.342 e. The first-order valence-corrected chi connectivity index (χ1v) is 10.8. The van der Waals surface area contributed by atoms with Gasteiger partial charge in [0.2, 0.25) is 5.91 Å². The maximum absolute atomic E-state index is 12.5. The van der Waals surface area contributed by atoms with E-state index in [9.17, 15) is 4.79 Å². The van der Waals surface area contributed by atoms with Gasteiger partial charge < -0.3 is 4.90 Å². The quantitative estimate of drug-likeness (QED) is 0.483. The maximum atomic E-state index is 12.5. The highest BCUT2D eigenvalue weighted by Gasteiger charge is 2.21. The molecule has 29 heavy (non-hydrogen) atoms. The molecule has 6 nitrogen and oxygen atoms in total. The maximum Gasteiger partial charge on any atom is 0.233 e. The Bertz CT molecular complexity index is 1200. The molecule has 146 valence electrons. The number of aryl methyl sites for hydroxylation is 1. The van der Waals surface area contributed by atoms with Gasteiger partial charge in [0.15, 0.2) is 10.8 Å². The zero-order valence-corrected chi connectivity index (χ0v) is 17.0. The highest BCUT2D eigenvalue weighted by molar-refractivity contribution is 7.99. The number of thioether (sulfide) groups is 1. The van der Waals surface area contributed by atoms with Crippen LogP contribution in [0.4, 0.5) is 0 Å². The molecule has 0 N–H and O–H groups in total. The summed E-state index contributed by atoms with van der Waals surface area (Å²) >= 11 is 1.43. The van der Waals surface area contributed by atoms with Crippen molar-refractivity contribution in [2.24, 2.45) is 0 Å². The van der Waals surface area contributed by atoms with Crippen LogP contribution in [0.25, 0.3) is 27.9 Å². The lowest BCUT2D eigenvalue weighted by molar-refractivity contribution is -0.127. The van der Waals surface area contributed by atoms with Crippen molar-refractivity contribution in [3.63, 3.8) is 0 Å². The van der Waals surface area contributed by atoms with Crippen molar-refractivity contribution >= 4 is 34.2 Å². The van der Waals surface area contributed by atoms with E-state index in [1.807, 2.05) is 33.6 Å². The molecule has 0 radical (unpaired) electrons. The van der Waals surface area contributed by atoms with Crippen LogP contribution < -0.4 is 0 Å². The third-order valence-corrected chi connectivity index (χ3v) is 6.22. The van der Waals surface area contributed by atoms with Gasteiger partial charge in [-0.3, -0.25) is 9.20 Å².